The zero-order valence-electron chi connectivity index (χ0n) is 18.4. The molecular weight excluding hydrogens is 416 g/mol. The van der Waals surface area contributed by atoms with E-state index >= 15 is 0 Å². The Kier molecular flexibility index (Phi) is 4.47. The van der Waals surface area contributed by atoms with Crippen LogP contribution in [0.1, 0.15) is 46.3 Å². The van der Waals surface area contributed by atoms with Gasteiger partial charge in [-0.2, -0.15) is 0 Å². The van der Waals surface area contributed by atoms with E-state index in [0.717, 1.165) is 35.4 Å². The number of piperidine rings is 1. The zero-order valence-corrected chi connectivity index (χ0v) is 18.4. The van der Waals surface area contributed by atoms with Crippen molar-refractivity contribution in [2.24, 2.45) is 7.05 Å². The average Bonchev–Trinajstić information content (AvgIpc) is 3.51. The lowest BCUT2D eigenvalue weighted by molar-refractivity contribution is -0.136. The highest BCUT2D eigenvalue weighted by Crippen LogP contribution is 2.38. The number of fused-ring (bicyclic) bond motifs is 2. The number of aryl methyl sites for hydroxylation is 2. The maximum Gasteiger partial charge on any atom is 0.255 e. The van der Waals surface area contributed by atoms with Crippen molar-refractivity contribution in [3.8, 4) is 22.5 Å². The molecule has 3 amide bonds. The second-order valence-electron chi connectivity index (χ2n) is 9.12. The Bertz CT molecular complexity index is 1340. The summed E-state index contributed by atoms with van der Waals surface area (Å²) in [7, 11) is 2.02. The molecule has 1 saturated heterocycles. The van der Waals surface area contributed by atoms with Gasteiger partial charge in [0.2, 0.25) is 11.8 Å². The van der Waals surface area contributed by atoms with Crippen molar-refractivity contribution >= 4 is 17.7 Å². The lowest BCUT2D eigenvalue weighted by atomic mass is 9.96. The Morgan fingerprint density at radius 2 is 1.88 bits per heavy atom. The zero-order chi connectivity index (χ0) is 22.7. The molecule has 0 radical (unpaired) electrons. The van der Waals surface area contributed by atoms with E-state index in [2.05, 4.69) is 28.1 Å². The topological polar surface area (TPSA) is 84.3 Å². The normalized spacial score (nSPS) is 19.6. The lowest BCUT2D eigenvalue weighted by Gasteiger charge is -2.29. The fourth-order valence-corrected chi connectivity index (χ4v) is 5.52. The van der Waals surface area contributed by atoms with E-state index in [0.29, 0.717) is 18.5 Å². The predicted octanol–water partition coefficient (Wildman–Crippen LogP) is 3.00. The number of benzene rings is 2. The molecule has 166 valence electrons. The fraction of sp³-hybridized carbons (Fsp3) is 0.308. The Labute approximate surface area is 191 Å². The van der Waals surface area contributed by atoms with Gasteiger partial charge in [-0.1, -0.05) is 24.3 Å². The van der Waals surface area contributed by atoms with Crippen molar-refractivity contribution in [1.29, 1.82) is 0 Å². The maximum atomic E-state index is 13.0. The third kappa shape index (κ3) is 3.10. The highest BCUT2D eigenvalue weighted by atomic mass is 16.2. The van der Waals surface area contributed by atoms with Gasteiger partial charge in [-0.05, 0) is 54.5 Å². The molecule has 1 N–H and O–H groups in total. The average molecular weight is 441 g/mol. The van der Waals surface area contributed by atoms with Gasteiger partial charge < -0.3 is 9.47 Å². The van der Waals surface area contributed by atoms with Gasteiger partial charge in [0.05, 0.1) is 17.7 Å². The fourth-order valence-electron chi connectivity index (χ4n) is 5.52. The number of carbonyl (C=O) groups excluding carboxylic acids is 3. The number of nitrogens with one attached hydrogen (secondary N) is 1. The highest BCUT2D eigenvalue weighted by molar-refractivity contribution is 6.05. The minimum Gasteiger partial charge on any atom is -0.333 e. The van der Waals surface area contributed by atoms with Crippen molar-refractivity contribution in [2.45, 2.75) is 44.7 Å². The molecule has 33 heavy (non-hydrogen) atoms. The molecule has 1 aromatic heterocycles. The van der Waals surface area contributed by atoms with Gasteiger partial charge >= 0.3 is 0 Å². The molecule has 7 heteroatoms. The molecule has 0 spiro atoms. The van der Waals surface area contributed by atoms with Crippen LogP contribution in [0.25, 0.3) is 22.5 Å². The van der Waals surface area contributed by atoms with Crippen LogP contribution < -0.4 is 5.32 Å². The Balaban J connectivity index is 1.37. The first-order chi connectivity index (χ1) is 16.0. The van der Waals surface area contributed by atoms with E-state index in [4.69, 9.17) is 4.98 Å². The van der Waals surface area contributed by atoms with Gasteiger partial charge in [0.15, 0.2) is 0 Å². The van der Waals surface area contributed by atoms with Crippen molar-refractivity contribution < 1.29 is 14.4 Å². The number of aromatic nitrogens is 2. The number of rotatable bonds is 3. The Morgan fingerprint density at radius 1 is 1.00 bits per heavy atom. The van der Waals surface area contributed by atoms with Gasteiger partial charge in [0, 0.05) is 36.7 Å². The maximum absolute atomic E-state index is 13.0. The summed E-state index contributed by atoms with van der Waals surface area (Å²) in [4.78, 5) is 43.2. The van der Waals surface area contributed by atoms with Crippen molar-refractivity contribution in [1.82, 2.24) is 19.8 Å². The van der Waals surface area contributed by atoms with Gasteiger partial charge in [-0.15, -0.1) is 0 Å². The van der Waals surface area contributed by atoms with E-state index in [1.165, 1.54) is 23.1 Å². The van der Waals surface area contributed by atoms with Gasteiger partial charge in [0.25, 0.3) is 5.91 Å². The van der Waals surface area contributed by atoms with E-state index < -0.39 is 11.9 Å². The third-order valence-corrected chi connectivity index (χ3v) is 7.14. The number of imidazole rings is 1. The van der Waals surface area contributed by atoms with E-state index in [9.17, 15) is 14.4 Å². The second-order valence-corrected chi connectivity index (χ2v) is 9.12. The summed E-state index contributed by atoms with van der Waals surface area (Å²) in [6.45, 7) is 0.358. The summed E-state index contributed by atoms with van der Waals surface area (Å²) in [5, 5.41) is 2.36. The second kappa shape index (κ2) is 7.40. The van der Waals surface area contributed by atoms with Crippen molar-refractivity contribution in [2.75, 3.05) is 0 Å². The molecule has 2 aromatic carbocycles. The molecule has 1 aliphatic carbocycles. The minimum absolute atomic E-state index is 0.159. The first-order valence-electron chi connectivity index (χ1n) is 11.4. The van der Waals surface area contributed by atoms with Crippen LogP contribution in [-0.2, 0) is 36.0 Å². The summed E-state index contributed by atoms with van der Waals surface area (Å²) < 4.78 is 2.07. The lowest BCUT2D eigenvalue weighted by Crippen LogP contribution is -2.52. The smallest absolute Gasteiger partial charge is 0.255 e. The third-order valence-electron chi connectivity index (χ3n) is 7.14. The molecular formula is C26H24N4O3. The molecule has 3 heterocycles. The summed E-state index contributed by atoms with van der Waals surface area (Å²) in [5.41, 5.74) is 8.48. The monoisotopic (exact) mass is 440 g/mol. The summed E-state index contributed by atoms with van der Waals surface area (Å²) in [6, 6.07) is 11.7. The van der Waals surface area contributed by atoms with Crippen LogP contribution >= 0.6 is 0 Å². The van der Waals surface area contributed by atoms with Gasteiger partial charge in [0.1, 0.15) is 6.04 Å². The molecule has 0 bridgehead atoms. The van der Waals surface area contributed by atoms with E-state index in [-0.39, 0.29) is 18.2 Å². The van der Waals surface area contributed by atoms with Crippen LogP contribution in [0.2, 0.25) is 0 Å². The first-order valence-corrected chi connectivity index (χ1v) is 11.4. The van der Waals surface area contributed by atoms with Gasteiger partial charge in [-0.3, -0.25) is 19.7 Å². The van der Waals surface area contributed by atoms with Crippen LogP contribution in [0.5, 0.6) is 0 Å². The highest BCUT2D eigenvalue weighted by Gasteiger charge is 2.39. The number of carbonyl (C=O) groups is 3. The standard InChI is InChI=1S/C26H24N4O3/c1-29-14-27-23(24(29)20-7-3-5-15-4-2-6-18(15)20)16-8-9-19-17(12-16)13-30(26(19)33)21-10-11-22(31)28-25(21)32/h3,5,7-9,12,14,21H,2,4,6,10-11,13H2,1H3,(H,28,31,32)/t21-/m0/s1. The number of hydrogen-bond donors (Lipinski definition) is 1. The molecule has 1 fully saturated rings. The SMILES string of the molecule is Cn1cnc(-c2ccc3c(c2)CN([C@H]2CCC(=O)NC2=O)C3=O)c1-c1cccc2c1CCC2. The molecule has 0 saturated carbocycles. The molecule has 2 aliphatic heterocycles. The molecule has 3 aromatic rings. The molecule has 6 rings (SSSR count). The number of hydrogen-bond acceptors (Lipinski definition) is 4. The van der Waals surface area contributed by atoms with Crippen molar-refractivity contribution in [3.63, 3.8) is 0 Å². The molecule has 0 unspecified atom stereocenters. The quantitative estimate of drug-likeness (QED) is 0.635. The number of nitrogens with zero attached hydrogens (tertiary/aromatic N) is 3. The summed E-state index contributed by atoms with van der Waals surface area (Å²) in [5.74, 6) is -0.830. The minimum atomic E-state index is -0.608. The van der Waals surface area contributed by atoms with Crippen LogP contribution in [0, 0.1) is 0 Å². The van der Waals surface area contributed by atoms with E-state index in [1.807, 2.05) is 31.6 Å². The summed E-state index contributed by atoms with van der Waals surface area (Å²) >= 11 is 0. The summed E-state index contributed by atoms with van der Waals surface area (Å²) in [6.07, 6.45) is 5.83. The van der Waals surface area contributed by atoms with Crippen molar-refractivity contribution in [3.05, 3.63) is 65.0 Å². The first kappa shape index (κ1) is 19.9. The largest absolute Gasteiger partial charge is 0.333 e. The predicted molar refractivity (Wildman–Crippen MR) is 122 cm³/mol. The molecule has 3 aliphatic rings. The van der Waals surface area contributed by atoms with E-state index in [1.54, 1.807) is 4.90 Å². The number of imide groups is 1. The van der Waals surface area contributed by atoms with Crippen LogP contribution in [0.15, 0.2) is 42.7 Å². The van der Waals surface area contributed by atoms with Crippen LogP contribution in [0.3, 0.4) is 0 Å². The molecule has 7 nitrogen and oxygen atoms in total. The van der Waals surface area contributed by atoms with Gasteiger partial charge in [-0.25, -0.2) is 4.98 Å². The van der Waals surface area contributed by atoms with Crippen LogP contribution in [-0.4, -0.2) is 38.2 Å². The Hall–Kier alpha value is -3.74. The molecule has 1 atom stereocenters. The van der Waals surface area contributed by atoms with Crippen LogP contribution in [0.4, 0.5) is 0 Å². The Morgan fingerprint density at radius 3 is 2.73 bits per heavy atom. The number of amides is 3.